The van der Waals surface area contributed by atoms with Gasteiger partial charge in [0, 0.05) is 13.1 Å². The molecular formula is C16H29ClN2O. The summed E-state index contributed by atoms with van der Waals surface area (Å²) in [6.45, 7) is 2.89. The highest BCUT2D eigenvalue weighted by molar-refractivity contribution is 5.85. The van der Waals surface area contributed by atoms with Crippen LogP contribution in [0.25, 0.3) is 0 Å². The minimum absolute atomic E-state index is 0. The summed E-state index contributed by atoms with van der Waals surface area (Å²) in [5, 5.41) is 6.77. The number of carbonyl (C=O) groups excluding carboxylic acids is 1. The number of hydrogen-bond acceptors (Lipinski definition) is 2. The molecule has 2 atom stereocenters. The van der Waals surface area contributed by atoms with Gasteiger partial charge in [-0.15, -0.1) is 12.4 Å². The molecule has 0 aromatic rings. The van der Waals surface area contributed by atoms with Gasteiger partial charge in [0.05, 0.1) is 5.41 Å². The van der Waals surface area contributed by atoms with E-state index in [0.717, 1.165) is 32.0 Å². The van der Waals surface area contributed by atoms with E-state index >= 15 is 0 Å². The van der Waals surface area contributed by atoms with Gasteiger partial charge in [0.15, 0.2) is 0 Å². The Bertz CT molecular complexity index is 330. The monoisotopic (exact) mass is 300 g/mol. The molecule has 0 bridgehead atoms. The molecule has 0 spiro atoms. The molecule has 0 aromatic carbocycles. The summed E-state index contributed by atoms with van der Waals surface area (Å²) in [4.78, 5) is 12.7. The molecule has 4 heteroatoms. The third-order valence-electron chi connectivity index (χ3n) is 5.77. The molecule has 1 amide bonds. The van der Waals surface area contributed by atoms with Gasteiger partial charge in [-0.1, -0.05) is 32.1 Å². The Labute approximate surface area is 129 Å². The van der Waals surface area contributed by atoms with Crippen LogP contribution in [0.15, 0.2) is 0 Å². The van der Waals surface area contributed by atoms with Crippen LogP contribution in [0.2, 0.25) is 0 Å². The molecule has 20 heavy (non-hydrogen) atoms. The summed E-state index contributed by atoms with van der Waals surface area (Å²) >= 11 is 0. The lowest BCUT2D eigenvalue weighted by atomic mass is 9.67. The smallest absolute Gasteiger partial charge is 0.227 e. The molecule has 1 aliphatic heterocycles. The summed E-state index contributed by atoms with van der Waals surface area (Å²) in [5.74, 6) is 1.69. The fraction of sp³-hybridized carbons (Fsp3) is 0.938. The van der Waals surface area contributed by atoms with Crippen LogP contribution in [0.1, 0.15) is 57.8 Å². The van der Waals surface area contributed by atoms with E-state index in [-0.39, 0.29) is 17.8 Å². The van der Waals surface area contributed by atoms with E-state index in [4.69, 9.17) is 0 Å². The van der Waals surface area contributed by atoms with Gasteiger partial charge in [-0.25, -0.2) is 0 Å². The molecule has 1 saturated heterocycles. The molecule has 3 nitrogen and oxygen atoms in total. The standard InChI is InChI=1S/C16H28N2O.ClH/c19-15(18-10-13-6-2-1-3-7-13)16-9-5-4-8-14(16)11-17-12-16;/h13-14,17H,1-12H2,(H,18,19);1H/t14-,16+;/m0./s1. The lowest BCUT2D eigenvalue weighted by molar-refractivity contribution is -0.134. The average Bonchev–Trinajstić information content (AvgIpc) is 2.91. The Kier molecular flexibility index (Phi) is 5.74. The molecule has 0 radical (unpaired) electrons. The molecule has 1 heterocycles. The lowest BCUT2D eigenvalue weighted by Gasteiger charge is -2.37. The molecule has 3 rings (SSSR count). The zero-order valence-corrected chi connectivity index (χ0v) is 13.3. The van der Waals surface area contributed by atoms with Gasteiger partial charge in [0.2, 0.25) is 5.91 Å². The third-order valence-corrected chi connectivity index (χ3v) is 5.77. The topological polar surface area (TPSA) is 41.1 Å². The summed E-state index contributed by atoms with van der Waals surface area (Å²) in [6.07, 6.45) is 11.6. The maximum atomic E-state index is 12.7. The average molecular weight is 301 g/mol. The zero-order valence-electron chi connectivity index (χ0n) is 12.5. The normalized spacial score (nSPS) is 34.1. The first kappa shape index (κ1) is 16.1. The lowest BCUT2D eigenvalue weighted by Crippen LogP contribution is -2.48. The van der Waals surface area contributed by atoms with Crippen LogP contribution in [0, 0.1) is 17.3 Å². The minimum atomic E-state index is -0.0626. The Hall–Kier alpha value is -0.280. The predicted molar refractivity (Wildman–Crippen MR) is 84.1 cm³/mol. The number of rotatable bonds is 3. The van der Waals surface area contributed by atoms with Crippen molar-refractivity contribution in [3.05, 3.63) is 0 Å². The van der Waals surface area contributed by atoms with Crippen molar-refractivity contribution in [2.75, 3.05) is 19.6 Å². The number of amides is 1. The van der Waals surface area contributed by atoms with E-state index < -0.39 is 0 Å². The van der Waals surface area contributed by atoms with Crippen LogP contribution in [-0.2, 0) is 4.79 Å². The molecular weight excluding hydrogens is 272 g/mol. The second kappa shape index (κ2) is 7.13. The molecule has 2 saturated carbocycles. The SMILES string of the molecule is Cl.O=C(NCC1CCCCC1)[C@@]12CCCC[C@H]1CNC2. The molecule has 3 fully saturated rings. The largest absolute Gasteiger partial charge is 0.355 e. The highest BCUT2D eigenvalue weighted by atomic mass is 35.5. The van der Waals surface area contributed by atoms with Crippen molar-refractivity contribution in [1.29, 1.82) is 0 Å². The van der Waals surface area contributed by atoms with Gasteiger partial charge in [-0.2, -0.15) is 0 Å². The van der Waals surface area contributed by atoms with Gasteiger partial charge in [0.25, 0.3) is 0 Å². The fourth-order valence-electron chi connectivity index (χ4n) is 4.49. The van der Waals surface area contributed by atoms with Crippen LogP contribution in [0.4, 0.5) is 0 Å². The van der Waals surface area contributed by atoms with E-state index in [2.05, 4.69) is 10.6 Å². The molecule has 2 aliphatic carbocycles. The number of carbonyl (C=O) groups is 1. The van der Waals surface area contributed by atoms with Crippen LogP contribution < -0.4 is 10.6 Å². The fourth-order valence-corrected chi connectivity index (χ4v) is 4.49. The number of nitrogens with one attached hydrogen (secondary N) is 2. The van der Waals surface area contributed by atoms with Gasteiger partial charge in [0.1, 0.15) is 0 Å². The number of halogens is 1. The van der Waals surface area contributed by atoms with Gasteiger partial charge in [-0.05, 0) is 44.1 Å². The Morgan fingerprint density at radius 2 is 1.85 bits per heavy atom. The first-order valence-corrected chi connectivity index (χ1v) is 8.30. The summed E-state index contributed by atoms with van der Waals surface area (Å²) in [7, 11) is 0. The second-order valence-electron chi connectivity index (χ2n) is 6.94. The van der Waals surface area contributed by atoms with E-state index in [0.29, 0.717) is 11.8 Å². The molecule has 0 aromatic heterocycles. The van der Waals surface area contributed by atoms with Crippen molar-refractivity contribution in [1.82, 2.24) is 10.6 Å². The Morgan fingerprint density at radius 3 is 2.65 bits per heavy atom. The van der Waals surface area contributed by atoms with Crippen molar-refractivity contribution >= 4 is 18.3 Å². The highest BCUT2D eigenvalue weighted by Gasteiger charge is 2.49. The quantitative estimate of drug-likeness (QED) is 0.841. The van der Waals surface area contributed by atoms with E-state index in [1.54, 1.807) is 0 Å². The summed E-state index contributed by atoms with van der Waals surface area (Å²) in [6, 6.07) is 0. The molecule has 2 N–H and O–H groups in total. The van der Waals surface area contributed by atoms with Gasteiger partial charge < -0.3 is 10.6 Å². The van der Waals surface area contributed by atoms with E-state index in [9.17, 15) is 4.79 Å². The van der Waals surface area contributed by atoms with Crippen LogP contribution in [0.5, 0.6) is 0 Å². The third kappa shape index (κ3) is 3.14. The van der Waals surface area contributed by atoms with Crippen molar-refractivity contribution in [2.24, 2.45) is 17.3 Å². The van der Waals surface area contributed by atoms with Crippen molar-refractivity contribution in [2.45, 2.75) is 57.8 Å². The maximum absolute atomic E-state index is 12.7. The Balaban J connectivity index is 0.00000147. The van der Waals surface area contributed by atoms with Crippen molar-refractivity contribution in [3.63, 3.8) is 0 Å². The highest BCUT2D eigenvalue weighted by Crippen LogP contribution is 2.43. The van der Waals surface area contributed by atoms with Crippen LogP contribution in [0.3, 0.4) is 0 Å². The van der Waals surface area contributed by atoms with Crippen LogP contribution in [-0.4, -0.2) is 25.5 Å². The zero-order chi connectivity index (χ0) is 13.1. The van der Waals surface area contributed by atoms with Crippen LogP contribution >= 0.6 is 12.4 Å². The van der Waals surface area contributed by atoms with Crippen molar-refractivity contribution < 1.29 is 4.79 Å². The van der Waals surface area contributed by atoms with E-state index in [1.807, 2.05) is 0 Å². The minimum Gasteiger partial charge on any atom is -0.355 e. The summed E-state index contributed by atoms with van der Waals surface area (Å²) in [5.41, 5.74) is -0.0626. The first-order chi connectivity index (χ1) is 9.31. The molecule has 3 aliphatic rings. The first-order valence-electron chi connectivity index (χ1n) is 8.30. The van der Waals surface area contributed by atoms with E-state index in [1.165, 1.54) is 51.4 Å². The Morgan fingerprint density at radius 1 is 1.10 bits per heavy atom. The maximum Gasteiger partial charge on any atom is 0.227 e. The van der Waals surface area contributed by atoms with Gasteiger partial charge >= 0.3 is 0 Å². The predicted octanol–water partition coefficient (Wildman–Crippen LogP) is 2.88. The summed E-state index contributed by atoms with van der Waals surface area (Å²) < 4.78 is 0. The number of fused-ring (bicyclic) bond motifs is 1. The van der Waals surface area contributed by atoms with Crippen molar-refractivity contribution in [3.8, 4) is 0 Å². The second-order valence-corrected chi connectivity index (χ2v) is 6.94. The number of hydrogen-bond donors (Lipinski definition) is 2. The molecule has 0 unspecified atom stereocenters. The molecule has 116 valence electrons. The van der Waals surface area contributed by atoms with Gasteiger partial charge in [-0.3, -0.25) is 4.79 Å².